The van der Waals surface area contributed by atoms with Crippen LogP contribution in [-0.2, 0) is 19.0 Å². The summed E-state index contributed by atoms with van der Waals surface area (Å²) in [6.07, 6.45) is -5.74. The Morgan fingerprint density at radius 3 is 2.17 bits per heavy atom. The van der Waals surface area contributed by atoms with Gasteiger partial charge in [0.25, 0.3) is 0 Å². The zero-order valence-electron chi connectivity index (χ0n) is 27.0. The molecule has 2 aliphatic heterocycles. The first-order valence-electron chi connectivity index (χ1n) is 15.1. The first-order chi connectivity index (χ1) is 18.8. The highest BCUT2D eigenvalue weighted by Gasteiger charge is 2.49. The summed E-state index contributed by atoms with van der Waals surface area (Å²) in [6.45, 7) is 14.2. The molecular weight excluding hydrogens is 532 g/mol. The third kappa shape index (κ3) is 8.39. The molecule has 0 spiro atoms. The van der Waals surface area contributed by atoms with E-state index in [2.05, 4.69) is 0 Å². The molecule has 0 saturated carbocycles. The van der Waals surface area contributed by atoms with Crippen LogP contribution in [0.3, 0.4) is 0 Å². The largest absolute Gasteiger partial charge is 0.459 e. The summed E-state index contributed by atoms with van der Waals surface area (Å²) in [6, 6.07) is -0.733. The van der Waals surface area contributed by atoms with Crippen molar-refractivity contribution in [1.82, 2.24) is 9.80 Å². The van der Waals surface area contributed by atoms with Crippen LogP contribution in [0, 0.1) is 17.8 Å². The molecule has 0 bridgehead atoms. The van der Waals surface area contributed by atoms with Gasteiger partial charge in [-0.25, -0.2) is 0 Å². The molecule has 2 fully saturated rings. The fourth-order valence-corrected chi connectivity index (χ4v) is 6.74. The number of ether oxygens (including phenoxy) is 3. The van der Waals surface area contributed by atoms with Crippen molar-refractivity contribution < 1.29 is 44.5 Å². The van der Waals surface area contributed by atoms with Crippen LogP contribution in [0.2, 0.25) is 0 Å². The summed E-state index contributed by atoms with van der Waals surface area (Å²) in [5.41, 5.74) is -3.25. The van der Waals surface area contributed by atoms with Crippen molar-refractivity contribution in [2.45, 2.75) is 141 Å². The first-order valence-corrected chi connectivity index (χ1v) is 15.1. The lowest BCUT2D eigenvalue weighted by molar-refractivity contribution is -0.299. The van der Waals surface area contributed by atoms with Gasteiger partial charge in [-0.3, -0.25) is 4.79 Å². The minimum atomic E-state index is -1.75. The summed E-state index contributed by atoms with van der Waals surface area (Å²) >= 11 is 0. The maximum absolute atomic E-state index is 13.3. The molecule has 242 valence electrons. The Morgan fingerprint density at radius 2 is 1.63 bits per heavy atom. The Bertz CT molecular complexity index is 841. The summed E-state index contributed by atoms with van der Waals surface area (Å²) in [4.78, 5) is 17.1. The second-order valence-electron chi connectivity index (χ2n) is 13.6. The normalized spacial score (nSPS) is 48.4. The highest BCUT2D eigenvalue weighted by atomic mass is 16.7. The van der Waals surface area contributed by atoms with Crippen molar-refractivity contribution in [1.29, 1.82) is 0 Å². The summed E-state index contributed by atoms with van der Waals surface area (Å²) < 4.78 is 18.1. The molecule has 0 amide bonds. The zero-order valence-corrected chi connectivity index (χ0v) is 27.0. The monoisotopic (exact) mass is 590 g/mol. The van der Waals surface area contributed by atoms with Crippen molar-refractivity contribution in [3.8, 4) is 0 Å². The van der Waals surface area contributed by atoms with E-state index in [-0.39, 0.29) is 30.9 Å². The maximum Gasteiger partial charge on any atom is 0.311 e. The van der Waals surface area contributed by atoms with Crippen LogP contribution >= 0.6 is 0 Å². The molecule has 2 aliphatic rings. The van der Waals surface area contributed by atoms with Crippen LogP contribution in [0.5, 0.6) is 0 Å². The quantitative estimate of drug-likeness (QED) is 0.298. The Kier molecular flexibility index (Phi) is 12.6. The van der Waals surface area contributed by atoms with Gasteiger partial charge in [-0.15, -0.1) is 0 Å². The molecule has 14 atom stereocenters. The Morgan fingerprint density at radius 1 is 1.05 bits per heavy atom. The third-order valence-electron chi connectivity index (χ3n) is 9.46. The minimum absolute atomic E-state index is 0.0990. The number of hydrogen-bond acceptors (Lipinski definition) is 11. The molecule has 2 saturated heterocycles. The van der Waals surface area contributed by atoms with Gasteiger partial charge < -0.3 is 49.5 Å². The molecule has 0 unspecified atom stereocenters. The summed E-state index contributed by atoms with van der Waals surface area (Å²) in [5, 5.41) is 57.0. The smallest absolute Gasteiger partial charge is 0.311 e. The van der Waals surface area contributed by atoms with E-state index in [9.17, 15) is 30.3 Å². The Balaban J connectivity index is 2.52. The molecule has 11 heteroatoms. The third-order valence-corrected chi connectivity index (χ3v) is 9.46. The van der Waals surface area contributed by atoms with Gasteiger partial charge in [-0.1, -0.05) is 20.8 Å². The molecule has 41 heavy (non-hydrogen) atoms. The van der Waals surface area contributed by atoms with Gasteiger partial charge >= 0.3 is 5.97 Å². The van der Waals surface area contributed by atoms with Gasteiger partial charge in [0.1, 0.15) is 23.9 Å². The highest BCUT2D eigenvalue weighted by molar-refractivity contribution is 5.73. The van der Waals surface area contributed by atoms with Gasteiger partial charge in [-0.2, -0.15) is 0 Å². The van der Waals surface area contributed by atoms with E-state index in [1.807, 2.05) is 44.8 Å². The number of esters is 1. The van der Waals surface area contributed by atoms with Gasteiger partial charge in [0.05, 0.1) is 29.8 Å². The Labute approximate surface area is 246 Å². The molecule has 2 rings (SSSR count). The van der Waals surface area contributed by atoms with Crippen molar-refractivity contribution in [2.24, 2.45) is 17.8 Å². The lowest BCUT2D eigenvalue weighted by Crippen LogP contribution is -2.59. The van der Waals surface area contributed by atoms with Crippen molar-refractivity contribution >= 4 is 5.97 Å². The number of cyclic esters (lactones) is 1. The number of aliphatic hydroxyl groups is 5. The molecule has 0 radical (unpaired) electrons. The topological polar surface area (TPSA) is 152 Å². The fourth-order valence-electron chi connectivity index (χ4n) is 6.74. The fraction of sp³-hybridized carbons (Fsp3) is 0.967. The standard InChI is InChI=1S/C30H58N2O9/c1-12-22-30(8,38)25(35)20(6)32(11)15-16(2)14-29(7,37)26(18(4)23(33)19(5)27(36)40-22)41-28-24(34)21(31(9)10)13-17(3)39-28/h16-26,28,33-35,37-38H,12-15H2,1-11H3/t16-,17-,18+,19-,20-,21+,22-,23+,24-,25-,26-,28+,29+,30-/m1/s1. The molecule has 0 aromatic heterocycles. The summed E-state index contributed by atoms with van der Waals surface area (Å²) in [5.74, 6) is -2.65. The first kappa shape index (κ1) is 36.3. The molecule has 0 aliphatic carbocycles. The number of carbonyl (C=O) groups is 1. The maximum atomic E-state index is 13.3. The highest BCUT2D eigenvalue weighted by Crippen LogP contribution is 2.36. The Hall–Kier alpha value is -0.890. The number of rotatable bonds is 4. The second-order valence-corrected chi connectivity index (χ2v) is 13.6. The van der Waals surface area contributed by atoms with Gasteiger partial charge in [0, 0.05) is 24.5 Å². The average molecular weight is 591 g/mol. The van der Waals surface area contributed by atoms with E-state index >= 15 is 0 Å². The van der Waals surface area contributed by atoms with Gasteiger partial charge in [0.2, 0.25) is 0 Å². The lowest BCUT2D eigenvalue weighted by atomic mass is 9.78. The van der Waals surface area contributed by atoms with E-state index in [4.69, 9.17) is 14.2 Å². The number of nitrogens with zero attached hydrogens (tertiary/aromatic N) is 2. The van der Waals surface area contributed by atoms with Crippen LogP contribution in [0.15, 0.2) is 0 Å². The van der Waals surface area contributed by atoms with E-state index in [0.717, 1.165) is 0 Å². The zero-order chi connectivity index (χ0) is 31.6. The predicted octanol–water partition coefficient (Wildman–Crippen LogP) is 0.976. The van der Waals surface area contributed by atoms with Gasteiger partial charge in [0.15, 0.2) is 6.29 Å². The van der Waals surface area contributed by atoms with Crippen LogP contribution in [-0.4, -0.2) is 135 Å². The number of aliphatic hydroxyl groups excluding tert-OH is 3. The van der Waals surface area contributed by atoms with Crippen LogP contribution < -0.4 is 0 Å². The van der Waals surface area contributed by atoms with E-state index in [1.165, 1.54) is 13.8 Å². The minimum Gasteiger partial charge on any atom is -0.459 e. The number of carbonyl (C=O) groups excluding carboxylic acids is 1. The van der Waals surface area contributed by atoms with Crippen molar-refractivity contribution in [2.75, 3.05) is 27.7 Å². The molecular formula is C30H58N2O9. The summed E-state index contributed by atoms with van der Waals surface area (Å²) in [7, 11) is 5.58. The van der Waals surface area contributed by atoms with Gasteiger partial charge in [-0.05, 0) is 80.9 Å². The second kappa shape index (κ2) is 14.3. The van der Waals surface area contributed by atoms with Crippen molar-refractivity contribution in [3.05, 3.63) is 0 Å². The molecule has 11 nitrogen and oxygen atoms in total. The lowest BCUT2D eigenvalue weighted by Gasteiger charge is -2.46. The van der Waals surface area contributed by atoms with Crippen LogP contribution in [0.1, 0.15) is 74.7 Å². The van der Waals surface area contributed by atoms with E-state index in [1.54, 1.807) is 27.7 Å². The average Bonchev–Trinajstić information content (AvgIpc) is 2.87. The van der Waals surface area contributed by atoms with E-state index < -0.39 is 71.9 Å². The molecule has 0 aromatic carbocycles. The molecule has 0 aromatic rings. The number of hydrogen-bond donors (Lipinski definition) is 5. The van der Waals surface area contributed by atoms with Crippen LogP contribution in [0.4, 0.5) is 0 Å². The van der Waals surface area contributed by atoms with E-state index in [0.29, 0.717) is 13.0 Å². The predicted molar refractivity (Wildman–Crippen MR) is 155 cm³/mol. The SMILES string of the molecule is CC[C@H]1OC(=O)[C@H](C)[C@@H](O)[C@H](C)[C@@H](O[C@@H]2O[C@H](C)C[C@H](N(C)C)[C@H]2O)[C@@](C)(O)C[C@@H](C)CN(C)[C@H](C)[C@@H](O)[C@]1(C)O. The van der Waals surface area contributed by atoms with Crippen LogP contribution in [0.25, 0.3) is 0 Å². The molecule has 5 N–H and O–H groups in total. The number of likely N-dealkylation sites (N-methyl/N-ethyl adjacent to an activating group) is 2. The molecule has 2 heterocycles. The van der Waals surface area contributed by atoms with Crippen molar-refractivity contribution in [3.63, 3.8) is 0 Å².